The molecule has 2 aromatic carbocycles. The lowest BCUT2D eigenvalue weighted by Gasteiger charge is -2.15. The molecule has 0 aliphatic carbocycles. The van der Waals surface area contributed by atoms with E-state index in [1.165, 1.54) is 6.07 Å². The van der Waals surface area contributed by atoms with Crippen molar-refractivity contribution in [2.75, 3.05) is 0 Å². The lowest BCUT2D eigenvalue weighted by Crippen LogP contribution is -2.36. The Balaban J connectivity index is 1.46. The summed E-state index contributed by atoms with van der Waals surface area (Å²) in [5.41, 5.74) is 4.14. The molecule has 0 fully saturated rings. The molecule has 0 unspecified atom stereocenters. The van der Waals surface area contributed by atoms with Gasteiger partial charge in [0.05, 0.1) is 18.7 Å². The van der Waals surface area contributed by atoms with E-state index in [0.29, 0.717) is 34.7 Å². The highest BCUT2D eigenvalue weighted by Gasteiger charge is 2.15. The summed E-state index contributed by atoms with van der Waals surface area (Å²) < 4.78 is 21.5. The Morgan fingerprint density at radius 1 is 1.20 bits per heavy atom. The normalized spacial score (nSPS) is 12.3. The average molecular weight is 406 g/mol. The van der Waals surface area contributed by atoms with Crippen LogP contribution in [0.5, 0.6) is 0 Å². The zero-order valence-electron chi connectivity index (χ0n) is 17.1. The maximum Gasteiger partial charge on any atom is 0.251 e. The summed E-state index contributed by atoms with van der Waals surface area (Å²) in [7, 11) is 0. The van der Waals surface area contributed by atoms with Gasteiger partial charge in [0.2, 0.25) is 0 Å². The molecule has 4 aromatic rings. The second-order valence-corrected chi connectivity index (χ2v) is 7.54. The molecule has 7 heteroatoms. The molecule has 0 bridgehead atoms. The smallest absolute Gasteiger partial charge is 0.251 e. The van der Waals surface area contributed by atoms with Gasteiger partial charge in [0.15, 0.2) is 11.5 Å². The van der Waals surface area contributed by atoms with Gasteiger partial charge in [0, 0.05) is 17.3 Å². The van der Waals surface area contributed by atoms with Crippen LogP contribution < -0.4 is 5.32 Å². The van der Waals surface area contributed by atoms with Gasteiger partial charge in [-0.3, -0.25) is 9.48 Å². The third kappa shape index (κ3) is 4.25. The van der Waals surface area contributed by atoms with Gasteiger partial charge in [-0.05, 0) is 56.7 Å². The highest BCUT2D eigenvalue weighted by molar-refractivity contribution is 5.97. The minimum Gasteiger partial charge on any atom is -0.440 e. The predicted octanol–water partition coefficient (Wildman–Crippen LogP) is 4.19. The quantitative estimate of drug-likeness (QED) is 0.521. The van der Waals surface area contributed by atoms with Gasteiger partial charge in [-0.2, -0.15) is 5.10 Å². The van der Waals surface area contributed by atoms with Crippen LogP contribution in [0.4, 0.5) is 4.39 Å². The summed E-state index contributed by atoms with van der Waals surface area (Å²) >= 11 is 0. The van der Waals surface area contributed by atoms with Crippen molar-refractivity contribution in [1.82, 2.24) is 20.1 Å². The Bertz CT molecular complexity index is 1210. The van der Waals surface area contributed by atoms with E-state index in [0.717, 1.165) is 11.4 Å². The Hall–Kier alpha value is -3.48. The number of fused-ring (bicyclic) bond motifs is 1. The number of hydrogen-bond acceptors (Lipinski definition) is 4. The standard InChI is InChI=1S/C23H23FN4O2/c1-14-10-16(3)28(27-14)13-15(2)25-23(29)18-8-9-20-21(11-18)30-22(26-20)12-17-6-4-5-7-19(17)24/h4-11,15H,12-13H2,1-3H3,(H,25,29)/t15-/m1/s1. The molecule has 4 rings (SSSR count). The number of nitrogens with zero attached hydrogens (tertiary/aromatic N) is 3. The molecule has 2 aromatic heterocycles. The minimum atomic E-state index is -0.295. The Labute approximate surface area is 173 Å². The Kier molecular flexibility index (Phi) is 5.35. The SMILES string of the molecule is Cc1cc(C)n(C[C@@H](C)NC(=O)c2ccc3nc(Cc4ccccc4F)oc3c2)n1. The molecular weight excluding hydrogens is 383 g/mol. The molecular formula is C23H23FN4O2. The summed E-state index contributed by atoms with van der Waals surface area (Å²) in [5, 5.41) is 7.42. The van der Waals surface area contributed by atoms with Crippen LogP contribution in [0, 0.1) is 19.7 Å². The van der Waals surface area contributed by atoms with Gasteiger partial charge in [-0.1, -0.05) is 18.2 Å². The fourth-order valence-electron chi connectivity index (χ4n) is 3.47. The molecule has 2 heterocycles. The van der Waals surface area contributed by atoms with Crippen LogP contribution in [0.1, 0.15) is 40.1 Å². The fraction of sp³-hybridized carbons (Fsp3) is 0.261. The van der Waals surface area contributed by atoms with Gasteiger partial charge in [-0.15, -0.1) is 0 Å². The van der Waals surface area contributed by atoms with Crippen molar-refractivity contribution in [3.05, 3.63) is 82.8 Å². The number of aryl methyl sites for hydroxylation is 2. The third-order valence-electron chi connectivity index (χ3n) is 4.92. The van der Waals surface area contributed by atoms with E-state index < -0.39 is 0 Å². The van der Waals surface area contributed by atoms with Crippen molar-refractivity contribution in [1.29, 1.82) is 0 Å². The van der Waals surface area contributed by atoms with Crippen LogP contribution in [0.15, 0.2) is 52.9 Å². The van der Waals surface area contributed by atoms with E-state index in [9.17, 15) is 9.18 Å². The number of benzene rings is 2. The van der Waals surface area contributed by atoms with E-state index in [1.54, 1.807) is 36.4 Å². The average Bonchev–Trinajstić information content (AvgIpc) is 3.24. The van der Waals surface area contributed by atoms with Crippen molar-refractivity contribution >= 4 is 17.0 Å². The van der Waals surface area contributed by atoms with Gasteiger partial charge in [0.25, 0.3) is 5.91 Å². The highest BCUT2D eigenvalue weighted by Crippen LogP contribution is 2.20. The monoisotopic (exact) mass is 406 g/mol. The van der Waals surface area contributed by atoms with Crippen molar-refractivity contribution in [2.45, 2.75) is 39.8 Å². The molecule has 1 amide bonds. The first-order valence-corrected chi connectivity index (χ1v) is 9.84. The van der Waals surface area contributed by atoms with E-state index in [-0.39, 0.29) is 24.2 Å². The zero-order valence-corrected chi connectivity index (χ0v) is 17.1. The summed E-state index contributed by atoms with van der Waals surface area (Å²) in [4.78, 5) is 17.1. The number of amides is 1. The molecule has 154 valence electrons. The molecule has 0 radical (unpaired) electrons. The van der Waals surface area contributed by atoms with Crippen LogP contribution in [-0.2, 0) is 13.0 Å². The van der Waals surface area contributed by atoms with Gasteiger partial charge < -0.3 is 9.73 Å². The number of halogens is 1. The second-order valence-electron chi connectivity index (χ2n) is 7.54. The largest absolute Gasteiger partial charge is 0.440 e. The van der Waals surface area contributed by atoms with E-state index in [2.05, 4.69) is 15.4 Å². The number of carbonyl (C=O) groups excluding carboxylic acids is 1. The molecule has 0 aliphatic rings. The molecule has 6 nitrogen and oxygen atoms in total. The molecule has 0 spiro atoms. The lowest BCUT2D eigenvalue weighted by atomic mass is 10.1. The topological polar surface area (TPSA) is 73.0 Å². The van der Waals surface area contributed by atoms with Crippen LogP contribution in [0.2, 0.25) is 0 Å². The first-order chi connectivity index (χ1) is 14.4. The number of rotatable bonds is 6. The summed E-state index contributed by atoms with van der Waals surface area (Å²) in [6.45, 7) is 6.46. The number of oxazole rings is 1. The first-order valence-electron chi connectivity index (χ1n) is 9.84. The Morgan fingerprint density at radius 3 is 2.73 bits per heavy atom. The molecule has 0 saturated carbocycles. The number of nitrogens with one attached hydrogen (secondary N) is 1. The third-order valence-corrected chi connectivity index (χ3v) is 4.92. The lowest BCUT2D eigenvalue weighted by molar-refractivity contribution is 0.0936. The van der Waals surface area contributed by atoms with E-state index in [4.69, 9.17) is 4.42 Å². The predicted molar refractivity (Wildman–Crippen MR) is 112 cm³/mol. The van der Waals surface area contributed by atoms with Gasteiger partial charge in [-0.25, -0.2) is 9.37 Å². The molecule has 30 heavy (non-hydrogen) atoms. The zero-order chi connectivity index (χ0) is 21.3. The maximum atomic E-state index is 13.9. The maximum absolute atomic E-state index is 13.9. The minimum absolute atomic E-state index is 0.0995. The van der Waals surface area contributed by atoms with Crippen molar-refractivity contribution in [2.24, 2.45) is 0 Å². The first kappa shape index (κ1) is 19.8. The molecule has 1 N–H and O–H groups in total. The summed E-state index contributed by atoms with van der Waals surface area (Å²) in [6.07, 6.45) is 0.253. The summed E-state index contributed by atoms with van der Waals surface area (Å²) in [5.74, 6) is -0.0834. The van der Waals surface area contributed by atoms with Crippen LogP contribution in [0.3, 0.4) is 0 Å². The van der Waals surface area contributed by atoms with Gasteiger partial charge >= 0.3 is 0 Å². The van der Waals surface area contributed by atoms with Crippen LogP contribution in [0.25, 0.3) is 11.1 Å². The molecule has 1 atom stereocenters. The molecule has 0 saturated heterocycles. The Morgan fingerprint density at radius 2 is 2.00 bits per heavy atom. The highest BCUT2D eigenvalue weighted by atomic mass is 19.1. The van der Waals surface area contributed by atoms with E-state index in [1.807, 2.05) is 31.5 Å². The fourth-order valence-corrected chi connectivity index (χ4v) is 3.47. The van der Waals surface area contributed by atoms with Crippen molar-refractivity contribution < 1.29 is 13.6 Å². The second kappa shape index (κ2) is 8.10. The number of carbonyl (C=O) groups is 1. The van der Waals surface area contributed by atoms with E-state index >= 15 is 0 Å². The van der Waals surface area contributed by atoms with Crippen LogP contribution >= 0.6 is 0 Å². The van der Waals surface area contributed by atoms with Crippen molar-refractivity contribution in [3.63, 3.8) is 0 Å². The number of hydrogen-bond donors (Lipinski definition) is 1. The van der Waals surface area contributed by atoms with Crippen molar-refractivity contribution in [3.8, 4) is 0 Å². The van der Waals surface area contributed by atoms with Crippen LogP contribution in [-0.4, -0.2) is 26.7 Å². The summed E-state index contributed by atoms with van der Waals surface area (Å²) in [6, 6.07) is 13.6. The number of aromatic nitrogens is 3. The van der Waals surface area contributed by atoms with Gasteiger partial charge in [0.1, 0.15) is 11.3 Å². The molecule has 0 aliphatic heterocycles.